The lowest BCUT2D eigenvalue weighted by atomic mass is 10.2. The van der Waals surface area contributed by atoms with Gasteiger partial charge in [0.05, 0.1) is 0 Å². The largest absolute Gasteiger partial charge is 0.310 e. The van der Waals surface area contributed by atoms with Crippen LogP contribution in [0.4, 0.5) is 0 Å². The maximum absolute atomic E-state index is 12.4. The lowest BCUT2D eigenvalue weighted by molar-refractivity contribution is 0.492. The third-order valence-corrected chi connectivity index (χ3v) is 4.56. The molecule has 0 saturated heterocycles. The van der Waals surface area contributed by atoms with Crippen LogP contribution < -0.4 is 5.32 Å². The number of hydrogen-bond donors (Lipinski definition) is 2. The van der Waals surface area contributed by atoms with E-state index in [1.165, 1.54) is 11.4 Å². The van der Waals surface area contributed by atoms with Crippen molar-refractivity contribution in [1.82, 2.24) is 19.8 Å². The number of H-pyrrole nitrogens is 1. The normalized spacial score (nSPS) is 12.3. The third-order valence-electron chi connectivity index (χ3n) is 2.76. The number of hydrogen-bond acceptors (Lipinski definition) is 4. The summed E-state index contributed by atoms with van der Waals surface area (Å²) in [6.07, 6.45) is 1.54. The zero-order valence-electron chi connectivity index (χ0n) is 11.9. The summed E-state index contributed by atoms with van der Waals surface area (Å²) in [4.78, 5) is 0. The van der Waals surface area contributed by atoms with E-state index in [1.807, 2.05) is 20.8 Å². The van der Waals surface area contributed by atoms with Gasteiger partial charge in [-0.3, -0.25) is 5.10 Å². The summed E-state index contributed by atoms with van der Waals surface area (Å²) in [6, 6.07) is 0.274. The van der Waals surface area contributed by atoms with Gasteiger partial charge in [0.15, 0.2) is 5.03 Å². The SMILES string of the molecule is C=CCN(C)S(=O)(=O)c1n[nH]c(C)c1CNC(C)C. The molecule has 0 fully saturated rings. The predicted molar refractivity (Wildman–Crippen MR) is 75.3 cm³/mol. The molecular weight excluding hydrogens is 264 g/mol. The van der Waals surface area contributed by atoms with Gasteiger partial charge < -0.3 is 5.32 Å². The second-order valence-electron chi connectivity index (χ2n) is 4.74. The Bertz CT molecular complexity index is 534. The molecule has 1 aromatic rings. The summed E-state index contributed by atoms with van der Waals surface area (Å²) in [5.41, 5.74) is 1.45. The molecule has 0 spiro atoms. The van der Waals surface area contributed by atoms with Gasteiger partial charge in [0.2, 0.25) is 0 Å². The van der Waals surface area contributed by atoms with Gasteiger partial charge in [-0.15, -0.1) is 6.58 Å². The fourth-order valence-electron chi connectivity index (χ4n) is 1.59. The topological polar surface area (TPSA) is 78.1 Å². The Morgan fingerprint density at radius 3 is 2.68 bits per heavy atom. The Morgan fingerprint density at radius 1 is 1.53 bits per heavy atom. The predicted octanol–water partition coefficient (Wildman–Crippen LogP) is 1.02. The maximum Gasteiger partial charge on any atom is 0.262 e. The highest BCUT2D eigenvalue weighted by molar-refractivity contribution is 7.89. The second-order valence-corrected chi connectivity index (χ2v) is 6.70. The van der Waals surface area contributed by atoms with Crippen molar-refractivity contribution in [2.75, 3.05) is 13.6 Å². The van der Waals surface area contributed by atoms with Crippen LogP contribution in [-0.2, 0) is 16.6 Å². The summed E-state index contributed by atoms with van der Waals surface area (Å²) >= 11 is 0. The van der Waals surface area contributed by atoms with Crippen LogP contribution in [0.1, 0.15) is 25.1 Å². The van der Waals surface area contributed by atoms with Crippen molar-refractivity contribution in [3.05, 3.63) is 23.9 Å². The van der Waals surface area contributed by atoms with E-state index >= 15 is 0 Å². The number of sulfonamides is 1. The van der Waals surface area contributed by atoms with Crippen LogP contribution >= 0.6 is 0 Å². The molecule has 0 amide bonds. The Balaban J connectivity index is 3.10. The summed E-state index contributed by atoms with van der Waals surface area (Å²) in [7, 11) is -2.06. The van der Waals surface area contributed by atoms with Crippen molar-refractivity contribution in [3.8, 4) is 0 Å². The molecule has 1 heterocycles. The summed E-state index contributed by atoms with van der Waals surface area (Å²) in [5.74, 6) is 0. The molecule has 1 aromatic heterocycles. The van der Waals surface area contributed by atoms with Crippen molar-refractivity contribution < 1.29 is 8.42 Å². The Morgan fingerprint density at radius 2 is 2.16 bits per heavy atom. The molecule has 1 rings (SSSR count). The van der Waals surface area contributed by atoms with Gasteiger partial charge in [-0.25, -0.2) is 8.42 Å². The Hall–Kier alpha value is -1.18. The van der Waals surface area contributed by atoms with E-state index in [9.17, 15) is 8.42 Å². The van der Waals surface area contributed by atoms with Gasteiger partial charge >= 0.3 is 0 Å². The van der Waals surface area contributed by atoms with E-state index < -0.39 is 10.0 Å². The van der Waals surface area contributed by atoms with Crippen LogP contribution in [0.3, 0.4) is 0 Å². The number of aromatic nitrogens is 2. The molecule has 0 unspecified atom stereocenters. The van der Waals surface area contributed by atoms with E-state index in [1.54, 1.807) is 6.08 Å². The highest BCUT2D eigenvalue weighted by Gasteiger charge is 2.27. The highest BCUT2D eigenvalue weighted by atomic mass is 32.2. The van der Waals surface area contributed by atoms with Crippen LogP contribution in [-0.4, -0.2) is 42.6 Å². The summed E-state index contributed by atoms with van der Waals surface area (Å²) < 4.78 is 26.0. The van der Waals surface area contributed by atoms with E-state index in [4.69, 9.17) is 0 Å². The number of aromatic amines is 1. The van der Waals surface area contributed by atoms with Gasteiger partial charge in [0, 0.05) is 37.4 Å². The Kier molecular flexibility index (Phi) is 5.28. The smallest absolute Gasteiger partial charge is 0.262 e. The molecule has 0 bridgehead atoms. The van der Waals surface area contributed by atoms with Crippen LogP contribution in [0.25, 0.3) is 0 Å². The van der Waals surface area contributed by atoms with E-state index in [-0.39, 0.29) is 17.6 Å². The fourth-order valence-corrected chi connectivity index (χ4v) is 2.88. The quantitative estimate of drug-likeness (QED) is 0.734. The van der Waals surface area contributed by atoms with Crippen molar-refractivity contribution in [2.45, 2.75) is 38.4 Å². The molecule has 0 radical (unpaired) electrons. The molecule has 7 heteroatoms. The number of rotatable bonds is 7. The van der Waals surface area contributed by atoms with Crippen molar-refractivity contribution in [1.29, 1.82) is 0 Å². The summed E-state index contributed by atoms with van der Waals surface area (Å²) in [6.45, 7) is 10.1. The zero-order chi connectivity index (χ0) is 14.6. The van der Waals surface area contributed by atoms with Crippen LogP contribution in [0.2, 0.25) is 0 Å². The van der Waals surface area contributed by atoms with Crippen LogP contribution in [0, 0.1) is 6.92 Å². The van der Waals surface area contributed by atoms with Crippen molar-refractivity contribution >= 4 is 10.0 Å². The maximum atomic E-state index is 12.4. The average molecular weight is 286 g/mol. The zero-order valence-corrected chi connectivity index (χ0v) is 12.7. The van der Waals surface area contributed by atoms with Crippen LogP contribution in [0.15, 0.2) is 17.7 Å². The first kappa shape index (κ1) is 15.9. The number of nitrogens with one attached hydrogen (secondary N) is 2. The first-order valence-corrected chi connectivity index (χ1v) is 7.59. The fraction of sp³-hybridized carbons (Fsp3) is 0.583. The molecule has 0 aromatic carbocycles. The van der Waals surface area contributed by atoms with E-state index in [2.05, 4.69) is 22.1 Å². The number of likely N-dealkylation sites (N-methyl/N-ethyl adjacent to an activating group) is 1. The minimum absolute atomic E-state index is 0.0856. The lowest BCUT2D eigenvalue weighted by Crippen LogP contribution is -2.29. The number of nitrogens with zero attached hydrogens (tertiary/aromatic N) is 2. The van der Waals surface area contributed by atoms with Gasteiger partial charge in [-0.2, -0.15) is 9.40 Å². The molecule has 108 valence electrons. The standard InChI is InChI=1S/C12H22N4O2S/c1-6-7-16(5)19(17,18)12-11(8-13-9(2)3)10(4)14-15-12/h6,9,13H,1,7-8H2,2-5H3,(H,14,15). The summed E-state index contributed by atoms with van der Waals surface area (Å²) in [5, 5.41) is 9.98. The first-order valence-electron chi connectivity index (χ1n) is 6.15. The van der Waals surface area contributed by atoms with E-state index in [0.29, 0.717) is 12.1 Å². The van der Waals surface area contributed by atoms with Crippen LogP contribution in [0.5, 0.6) is 0 Å². The molecule has 19 heavy (non-hydrogen) atoms. The minimum atomic E-state index is -3.58. The molecule has 0 saturated carbocycles. The van der Waals surface area contributed by atoms with Gasteiger partial charge in [0.25, 0.3) is 10.0 Å². The molecular formula is C12H22N4O2S. The third kappa shape index (κ3) is 3.65. The second kappa shape index (κ2) is 6.31. The molecule has 2 N–H and O–H groups in total. The van der Waals surface area contributed by atoms with Gasteiger partial charge in [-0.05, 0) is 6.92 Å². The monoisotopic (exact) mass is 286 g/mol. The van der Waals surface area contributed by atoms with Crippen molar-refractivity contribution in [2.24, 2.45) is 0 Å². The molecule has 0 atom stereocenters. The van der Waals surface area contributed by atoms with Gasteiger partial charge in [-0.1, -0.05) is 19.9 Å². The molecule has 0 aliphatic heterocycles. The average Bonchev–Trinajstić information content (AvgIpc) is 2.68. The van der Waals surface area contributed by atoms with Gasteiger partial charge in [0.1, 0.15) is 0 Å². The minimum Gasteiger partial charge on any atom is -0.310 e. The van der Waals surface area contributed by atoms with E-state index in [0.717, 1.165) is 5.69 Å². The lowest BCUT2D eigenvalue weighted by Gasteiger charge is -2.15. The first-order chi connectivity index (χ1) is 8.80. The number of aryl methyl sites for hydroxylation is 1. The highest BCUT2D eigenvalue weighted by Crippen LogP contribution is 2.19. The molecule has 0 aliphatic carbocycles. The van der Waals surface area contributed by atoms with Crippen molar-refractivity contribution in [3.63, 3.8) is 0 Å². The molecule has 0 aliphatic rings. The molecule has 6 nitrogen and oxygen atoms in total. The Labute approximate surface area is 114 Å².